The first-order valence-corrected chi connectivity index (χ1v) is 7.85. The van der Waals surface area contributed by atoms with Crippen molar-refractivity contribution in [3.05, 3.63) is 29.8 Å². The molecule has 0 saturated carbocycles. The van der Waals surface area contributed by atoms with Crippen molar-refractivity contribution in [1.82, 2.24) is 4.90 Å². The molecule has 4 heteroatoms. The average Bonchev–Trinajstić information content (AvgIpc) is 2.48. The molecule has 1 N–H and O–H groups in total. The van der Waals surface area contributed by atoms with Gasteiger partial charge in [-0.15, -0.1) is 0 Å². The van der Waals surface area contributed by atoms with Gasteiger partial charge in [0.15, 0.2) is 0 Å². The van der Waals surface area contributed by atoms with Crippen LogP contribution in [0.15, 0.2) is 24.3 Å². The van der Waals surface area contributed by atoms with Gasteiger partial charge in [-0.3, -0.25) is 4.90 Å². The molecule has 4 nitrogen and oxygen atoms in total. The van der Waals surface area contributed by atoms with Crippen molar-refractivity contribution in [2.24, 2.45) is 0 Å². The van der Waals surface area contributed by atoms with Crippen LogP contribution >= 0.6 is 0 Å². The zero-order chi connectivity index (χ0) is 15.2. The standard InChI is InChI=1S/C17H28N2O2/c1-14(2)15-4-6-16(7-5-15)18(3)12-17(20)13-19-8-10-21-11-9-19/h4-7,14,17,20H,8-13H2,1-3H3. The first-order valence-electron chi connectivity index (χ1n) is 7.85. The fourth-order valence-electron chi connectivity index (χ4n) is 2.67. The molecule has 1 aromatic carbocycles. The summed E-state index contributed by atoms with van der Waals surface area (Å²) in [5.41, 5.74) is 2.50. The van der Waals surface area contributed by atoms with E-state index in [-0.39, 0.29) is 6.10 Å². The first kappa shape index (κ1) is 16.3. The number of morpholine rings is 1. The number of aliphatic hydroxyl groups is 1. The number of β-amino-alcohol motifs (C(OH)–C–C–N with tert-alkyl or cyclic N) is 1. The summed E-state index contributed by atoms with van der Waals surface area (Å²) in [6.45, 7) is 9.16. The smallest absolute Gasteiger partial charge is 0.0841 e. The van der Waals surface area contributed by atoms with Crippen LogP contribution in [0, 0.1) is 0 Å². The summed E-state index contributed by atoms with van der Waals surface area (Å²) >= 11 is 0. The van der Waals surface area contributed by atoms with Crippen LogP contribution < -0.4 is 4.90 Å². The molecule has 1 aliphatic heterocycles. The van der Waals surface area contributed by atoms with Crippen LogP contribution in [-0.2, 0) is 4.74 Å². The summed E-state index contributed by atoms with van der Waals surface area (Å²) in [6.07, 6.45) is -0.335. The predicted octanol–water partition coefficient (Wildman–Crippen LogP) is 1.94. The Kier molecular flexibility index (Phi) is 6.03. The van der Waals surface area contributed by atoms with Gasteiger partial charge < -0.3 is 14.7 Å². The zero-order valence-corrected chi connectivity index (χ0v) is 13.5. The number of ether oxygens (including phenoxy) is 1. The minimum atomic E-state index is -0.335. The Morgan fingerprint density at radius 2 is 1.81 bits per heavy atom. The van der Waals surface area contributed by atoms with Crippen LogP contribution in [-0.4, -0.2) is 62.6 Å². The topological polar surface area (TPSA) is 35.9 Å². The van der Waals surface area contributed by atoms with Gasteiger partial charge in [0.2, 0.25) is 0 Å². The van der Waals surface area contributed by atoms with E-state index in [1.54, 1.807) is 0 Å². The lowest BCUT2D eigenvalue weighted by atomic mass is 10.0. The zero-order valence-electron chi connectivity index (χ0n) is 13.5. The summed E-state index contributed by atoms with van der Waals surface area (Å²) in [5, 5.41) is 10.3. The highest BCUT2D eigenvalue weighted by molar-refractivity contribution is 5.47. The van der Waals surface area contributed by atoms with Crippen molar-refractivity contribution in [2.75, 3.05) is 51.3 Å². The highest BCUT2D eigenvalue weighted by Gasteiger charge is 2.16. The summed E-state index contributed by atoms with van der Waals surface area (Å²) in [6, 6.07) is 8.61. The monoisotopic (exact) mass is 292 g/mol. The average molecular weight is 292 g/mol. The van der Waals surface area contributed by atoms with Gasteiger partial charge in [-0.25, -0.2) is 0 Å². The number of hydrogen-bond acceptors (Lipinski definition) is 4. The summed E-state index contributed by atoms with van der Waals surface area (Å²) in [5.74, 6) is 0.552. The molecular weight excluding hydrogens is 264 g/mol. The van der Waals surface area contributed by atoms with Gasteiger partial charge in [0.05, 0.1) is 19.3 Å². The number of nitrogens with zero attached hydrogens (tertiary/aromatic N) is 2. The lowest BCUT2D eigenvalue weighted by Crippen LogP contribution is -2.44. The fraction of sp³-hybridized carbons (Fsp3) is 0.647. The highest BCUT2D eigenvalue weighted by atomic mass is 16.5. The van der Waals surface area contributed by atoms with Crippen molar-refractivity contribution < 1.29 is 9.84 Å². The van der Waals surface area contributed by atoms with E-state index in [0.29, 0.717) is 12.5 Å². The number of aliphatic hydroxyl groups excluding tert-OH is 1. The van der Waals surface area contributed by atoms with Gasteiger partial charge in [0.25, 0.3) is 0 Å². The molecule has 1 aliphatic rings. The first-order chi connectivity index (χ1) is 10.1. The Morgan fingerprint density at radius 1 is 1.19 bits per heavy atom. The Hall–Kier alpha value is -1.10. The second-order valence-corrected chi connectivity index (χ2v) is 6.19. The second kappa shape index (κ2) is 7.78. The van der Waals surface area contributed by atoms with Crippen molar-refractivity contribution in [1.29, 1.82) is 0 Å². The fourth-order valence-corrected chi connectivity index (χ4v) is 2.67. The maximum Gasteiger partial charge on any atom is 0.0841 e. The lowest BCUT2D eigenvalue weighted by Gasteiger charge is -2.30. The largest absolute Gasteiger partial charge is 0.390 e. The molecule has 0 aliphatic carbocycles. The molecule has 118 valence electrons. The number of likely N-dealkylation sites (N-methyl/N-ethyl adjacent to an activating group) is 1. The molecule has 1 atom stereocenters. The molecule has 21 heavy (non-hydrogen) atoms. The van der Waals surface area contributed by atoms with E-state index in [1.165, 1.54) is 5.56 Å². The molecule has 0 bridgehead atoms. The quantitative estimate of drug-likeness (QED) is 0.869. The van der Waals surface area contributed by atoms with E-state index in [2.05, 4.69) is 47.9 Å². The van der Waals surface area contributed by atoms with Gasteiger partial charge in [-0.05, 0) is 23.6 Å². The molecule has 0 amide bonds. The lowest BCUT2D eigenvalue weighted by molar-refractivity contribution is 0.0162. The third-order valence-electron chi connectivity index (χ3n) is 4.06. The van der Waals surface area contributed by atoms with Gasteiger partial charge in [-0.1, -0.05) is 26.0 Å². The molecule has 1 saturated heterocycles. The van der Waals surface area contributed by atoms with Crippen molar-refractivity contribution in [3.63, 3.8) is 0 Å². The number of rotatable bonds is 6. The molecule has 0 radical (unpaired) electrons. The van der Waals surface area contributed by atoms with Crippen LogP contribution in [0.5, 0.6) is 0 Å². The highest BCUT2D eigenvalue weighted by Crippen LogP contribution is 2.19. The van der Waals surface area contributed by atoms with Crippen molar-refractivity contribution >= 4 is 5.69 Å². The van der Waals surface area contributed by atoms with E-state index in [4.69, 9.17) is 4.74 Å². The maximum atomic E-state index is 10.3. The van der Waals surface area contributed by atoms with Gasteiger partial charge in [0, 0.05) is 38.9 Å². The van der Waals surface area contributed by atoms with Gasteiger partial charge >= 0.3 is 0 Å². The van der Waals surface area contributed by atoms with Crippen molar-refractivity contribution in [3.8, 4) is 0 Å². The SMILES string of the molecule is CC(C)c1ccc(N(C)CC(O)CN2CCOCC2)cc1. The van der Waals surface area contributed by atoms with E-state index in [9.17, 15) is 5.11 Å². The molecule has 1 aromatic rings. The van der Waals surface area contributed by atoms with E-state index in [1.807, 2.05) is 7.05 Å². The number of benzene rings is 1. The molecule has 1 fully saturated rings. The second-order valence-electron chi connectivity index (χ2n) is 6.19. The number of hydrogen-bond donors (Lipinski definition) is 1. The molecule has 1 unspecified atom stereocenters. The normalized spacial score (nSPS) is 18.0. The van der Waals surface area contributed by atoms with E-state index >= 15 is 0 Å². The summed E-state index contributed by atoms with van der Waals surface area (Å²) < 4.78 is 5.33. The Bertz CT molecular complexity index is 413. The van der Waals surface area contributed by atoms with Gasteiger partial charge in [-0.2, -0.15) is 0 Å². The van der Waals surface area contributed by atoms with Crippen molar-refractivity contribution in [2.45, 2.75) is 25.9 Å². The van der Waals surface area contributed by atoms with Crippen LogP contribution in [0.3, 0.4) is 0 Å². The minimum Gasteiger partial charge on any atom is -0.390 e. The summed E-state index contributed by atoms with van der Waals surface area (Å²) in [4.78, 5) is 4.39. The predicted molar refractivity (Wildman–Crippen MR) is 87.1 cm³/mol. The maximum absolute atomic E-state index is 10.3. The van der Waals surface area contributed by atoms with Crippen LogP contribution in [0.1, 0.15) is 25.3 Å². The molecular formula is C17H28N2O2. The van der Waals surface area contributed by atoms with E-state index < -0.39 is 0 Å². The minimum absolute atomic E-state index is 0.335. The Balaban J connectivity index is 1.83. The summed E-state index contributed by atoms with van der Waals surface area (Å²) in [7, 11) is 2.03. The molecule has 0 aromatic heterocycles. The number of anilines is 1. The Morgan fingerprint density at radius 3 is 2.38 bits per heavy atom. The molecule has 0 spiro atoms. The third kappa shape index (κ3) is 4.99. The molecule has 1 heterocycles. The van der Waals surface area contributed by atoms with Crippen LogP contribution in [0.2, 0.25) is 0 Å². The van der Waals surface area contributed by atoms with E-state index in [0.717, 1.165) is 38.5 Å². The third-order valence-corrected chi connectivity index (χ3v) is 4.06. The van der Waals surface area contributed by atoms with Crippen LogP contribution in [0.4, 0.5) is 5.69 Å². The molecule has 2 rings (SSSR count). The van der Waals surface area contributed by atoms with Gasteiger partial charge in [0.1, 0.15) is 0 Å². The van der Waals surface area contributed by atoms with Crippen LogP contribution in [0.25, 0.3) is 0 Å². The Labute approximate surface area is 128 Å².